The lowest BCUT2D eigenvalue weighted by molar-refractivity contribution is 0.1000. The molecule has 1 unspecified atom stereocenters. The van der Waals surface area contributed by atoms with E-state index in [1.807, 2.05) is 32.0 Å². The summed E-state index contributed by atoms with van der Waals surface area (Å²) in [6.07, 6.45) is 2.90. The Kier molecular flexibility index (Phi) is 4.45. The summed E-state index contributed by atoms with van der Waals surface area (Å²) < 4.78 is 0. The summed E-state index contributed by atoms with van der Waals surface area (Å²) in [7, 11) is 0. The van der Waals surface area contributed by atoms with Gasteiger partial charge in [0.2, 0.25) is 0 Å². The summed E-state index contributed by atoms with van der Waals surface area (Å²) >= 11 is 1.49. The number of hydrogen-bond donors (Lipinski definition) is 2. The molecular formula is C19H22N2O2S. The van der Waals surface area contributed by atoms with Gasteiger partial charge >= 0.3 is 0 Å². The highest BCUT2D eigenvalue weighted by molar-refractivity contribution is 7.17. The first-order valence-corrected chi connectivity index (χ1v) is 9.00. The molecule has 1 heterocycles. The largest absolute Gasteiger partial charge is 0.365 e. The molecule has 1 aliphatic carbocycles. The molecule has 1 aliphatic rings. The molecule has 0 radical (unpaired) electrons. The summed E-state index contributed by atoms with van der Waals surface area (Å²) in [4.78, 5) is 25.8. The van der Waals surface area contributed by atoms with Crippen LogP contribution in [0.15, 0.2) is 18.2 Å². The van der Waals surface area contributed by atoms with E-state index in [2.05, 4.69) is 12.2 Å². The lowest BCUT2D eigenvalue weighted by Crippen LogP contribution is -2.20. The van der Waals surface area contributed by atoms with Crippen molar-refractivity contribution in [2.45, 2.75) is 40.0 Å². The Balaban J connectivity index is 1.95. The smallest absolute Gasteiger partial charge is 0.256 e. The molecule has 0 spiro atoms. The maximum atomic E-state index is 12.6. The van der Waals surface area contributed by atoms with E-state index in [1.165, 1.54) is 16.2 Å². The Morgan fingerprint density at radius 3 is 2.50 bits per heavy atom. The van der Waals surface area contributed by atoms with Gasteiger partial charge in [-0.15, -0.1) is 11.3 Å². The molecule has 0 bridgehead atoms. The van der Waals surface area contributed by atoms with Crippen LogP contribution in [0.25, 0.3) is 0 Å². The quantitative estimate of drug-likeness (QED) is 0.889. The van der Waals surface area contributed by atoms with Gasteiger partial charge in [-0.3, -0.25) is 9.59 Å². The van der Waals surface area contributed by atoms with Crippen molar-refractivity contribution in [2.24, 2.45) is 11.7 Å². The maximum Gasteiger partial charge on any atom is 0.256 e. The molecule has 4 nitrogen and oxygen atoms in total. The molecule has 5 heteroatoms. The molecule has 0 aliphatic heterocycles. The second-order valence-corrected chi connectivity index (χ2v) is 7.86. The fourth-order valence-corrected chi connectivity index (χ4v) is 4.63. The minimum absolute atomic E-state index is 0.198. The standard InChI is InChI=1S/C19H22N2O2S/c1-10-4-5-15-14(9-10)16(17(20)22)19(24-15)21-18(23)13-7-11(2)6-12(3)8-13/h6-8,10H,4-5,9H2,1-3H3,(H2,20,22)(H,21,23). The van der Waals surface area contributed by atoms with E-state index in [0.29, 0.717) is 22.0 Å². The van der Waals surface area contributed by atoms with E-state index in [1.54, 1.807) is 0 Å². The second-order valence-electron chi connectivity index (χ2n) is 6.75. The van der Waals surface area contributed by atoms with Crippen molar-refractivity contribution in [3.63, 3.8) is 0 Å². The van der Waals surface area contributed by atoms with Crippen molar-refractivity contribution >= 4 is 28.2 Å². The zero-order valence-corrected chi connectivity index (χ0v) is 15.0. The van der Waals surface area contributed by atoms with E-state index in [0.717, 1.165) is 36.0 Å². The van der Waals surface area contributed by atoms with Crippen LogP contribution < -0.4 is 11.1 Å². The summed E-state index contributed by atoms with van der Waals surface area (Å²) in [6.45, 7) is 6.10. The molecule has 0 fully saturated rings. The minimum Gasteiger partial charge on any atom is -0.365 e. The fourth-order valence-electron chi connectivity index (χ4n) is 3.39. The van der Waals surface area contributed by atoms with E-state index in [-0.39, 0.29) is 5.91 Å². The molecule has 24 heavy (non-hydrogen) atoms. The lowest BCUT2D eigenvalue weighted by Gasteiger charge is -2.18. The summed E-state index contributed by atoms with van der Waals surface area (Å²) in [5.74, 6) is -0.124. The highest BCUT2D eigenvalue weighted by atomic mass is 32.1. The highest BCUT2D eigenvalue weighted by Gasteiger charge is 2.27. The Morgan fingerprint density at radius 1 is 1.21 bits per heavy atom. The lowest BCUT2D eigenvalue weighted by atomic mass is 9.87. The number of aryl methyl sites for hydroxylation is 3. The third-order valence-corrected chi connectivity index (χ3v) is 5.67. The van der Waals surface area contributed by atoms with Gasteiger partial charge in [0.1, 0.15) is 5.00 Å². The summed E-state index contributed by atoms with van der Waals surface area (Å²) in [5, 5.41) is 3.50. The van der Waals surface area contributed by atoms with Crippen LogP contribution in [-0.2, 0) is 12.8 Å². The van der Waals surface area contributed by atoms with Crippen molar-refractivity contribution in [3.05, 3.63) is 50.9 Å². The van der Waals surface area contributed by atoms with Gasteiger partial charge < -0.3 is 11.1 Å². The number of anilines is 1. The van der Waals surface area contributed by atoms with Gasteiger partial charge in [-0.2, -0.15) is 0 Å². The first-order chi connectivity index (χ1) is 11.3. The number of carbonyl (C=O) groups is 2. The molecule has 126 valence electrons. The molecule has 0 saturated heterocycles. The van der Waals surface area contributed by atoms with Gasteiger partial charge in [0.05, 0.1) is 5.56 Å². The Morgan fingerprint density at radius 2 is 1.88 bits per heavy atom. The average molecular weight is 342 g/mol. The van der Waals surface area contributed by atoms with Crippen molar-refractivity contribution in [3.8, 4) is 0 Å². The van der Waals surface area contributed by atoms with Crippen molar-refractivity contribution in [2.75, 3.05) is 5.32 Å². The summed E-state index contributed by atoms with van der Waals surface area (Å²) in [5.41, 5.74) is 9.81. The van der Waals surface area contributed by atoms with Gasteiger partial charge in [-0.1, -0.05) is 24.1 Å². The number of thiophene rings is 1. The van der Waals surface area contributed by atoms with Crippen LogP contribution in [0.5, 0.6) is 0 Å². The molecule has 3 N–H and O–H groups in total. The van der Waals surface area contributed by atoms with Gasteiger partial charge in [-0.25, -0.2) is 0 Å². The first kappa shape index (κ1) is 16.7. The average Bonchev–Trinajstić information content (AvgIpc) is 2.83. The Labute approximate surface area is 146 Å². The van der Waals surface area contributed by atoms with Crippen LogP contribution in [0.2, 0.25) is 0 Å². The number of nitrogens with two attached hydrogens (primary N) is 1. The molecular weight excluding hydrogens is 320 g/mol. The van der Waals surface area contributed by atoms with E-state index in [9.17, 15) is 9.59 Å². The molecule has 1 atom stereocenters. The number of fused-ring (bicyclic) bond motifs is 1. The minimum atomic E-state index is -0.461. The highest BCUT2D eigenvalue weighted by Crippen LogP contribution is 2.39. The van der Waals surface area contributed by atoms with Crippen LogP contribution >= 0.6 is 11.3 Å². The van der Waals surface area contributed by atoms with E-state index < -0.39 is 5.91 Å². The third-order valence-electron chi connectivity index (χ3n) is 4.46. The SMILES string of the molecule is Cc1cc(C)cc(C(=O)Nc2sc3c(c2C(N)=O)CC(C)CC3)c1. The predicted octanol–water partition coefficient (Wildman–Crippen LogP) is 3.84. The Hall–Kier alpha value is -2.14. The van der Waals surface area contributed by atoms with E-state index >= 15 is 0 Å². The zero-order valence-electron chi connectivity index (χ0n) is 14.2. The number of carbonyl (C=O) groups excluding carboxylic acids is 2. The van der Waals surface area contributed by atoms with Crippen molar-refractivity contribution < 1.29 is 9.59 Å². The maximum absolute atomic E-state index is 12.6. The van der Waals surface area contributed by atoms with Crippen LogP contribution in [0.4, 0.5) is 5.00 Å². The molecule has 2 aromatic rings. The van der Waals surface area contributed by atoms with Crippen molar-refractivity contribution in [1.29, 1.82) is 0 Å². The number of primary amides is 1. The Bertz CT molecular complexity index is 803. The van der Waals surface area contributed by atoms with E-state index in [4.69, 9.17) is 5.73 Å². The molecule has 0 saturated carbocycles. The van der Waals surface area contributed by atoms with Crippen LogP contribution in [0.1, 0.15) is 55.6 Å². The van der Waals surface area contributed by atoms with Gasteiger partial charge in [0, 0.05) is 10.4 Å². The normalized spacial score (nSPS) is 16.5. The number of hydrogen-bond acceptors (Lipinski definition) is 3. The topological polar surface area (TPSA) is 72.2 Å². The van der Waals surface area contributed by atoms with Crippen molar-refractivity contribution in [1.82, 2.24) is 0 Å². The third kappa shape index (κ3) is 3.22. The second kappa shape index (κ2) is 6.40. The number of amides is 2. The predicted molar refractivity (Wildman–Crippen MR) is 97.9 cm³/mol. The number of rotatable bonds is 3. The molecule has 1 aromatic heterocycles. The first-order valence-electron chi connectivity index (χ1n) is 8.19. The molecule has 2 amide bonds. The van der Waals surface area contributed by atoms with Gasteiger partial charge in [-0.05, 0) is 56.7 Å². The van der Waals surface area contributed by atoms with Crippen LogP contribution in [-0.4, -0.2) is 11.8 Å². The van der Waals surface area contributed by atoms with Crippen LogP contribution in [0.3, 0.4) is 0 Å². The van der Waals surface area contributed by atoms with Crippen LogP contribution in [0, 0.1) is 19.8 Å². The van der Waals surface area contributed by atoms with Gasteiger partial charge in [0.25, 0.3) is 11.8 Å². The number of nitrogens with one attached hydrogen (secondary N) is 1. The summed E-state index contributed by atoms with van der Waals surface area (Å²) in [6, 6.07) is 5.72. The van der Waals surface area contributed by atoms with Gasteiger partial charge in [0.15, 0.2) is 0 Å². The monoisotopic (exact) mass is 342 g/mol. The number of benzene rings is 1. The molecule has 3 rings (SSSR count). The fraction of sp³-hybridized carbons (Fsp3) is 0.368. The zero-order chi connectivity index (χ0) is 17.4. The molecule has 1 aromatic carbocycles.